The second kappa shape index (κ2) is 9.71. The molecule has 2 atom stereocenters. The number of aryl methyl sites for hydroxylation is 2. The molecular weight excluding hydrogens is 446 g/mol. The fourth-order valence-corrected chi connectivity index (χ4v) is 4.07. The van der Waals surface area contributed by atoms with Crippen molar-refractivity contribution in [3.05, 3.63) is 51.8 Å². The molecule has 0 fully saturated rings. The average molecular weight is 476 g/mol. The molecule has 2 heterocycles. The Bertz CT molecular complexity index is 1050. The number of nitrogens with zero attached hydrogens (tertiary/aromatic N) is 3. The summed E-state index contributed by atoms with van der Waals surface area (Å²) in [5.41, 5.74) is 4.41. The summed E-state index contributed by atoms with van der Waals surface area (Å²) in [5.74, 6) is 1.13. The van der Waals surface area contributed by atoms with E-state index < -0.39 is 6.29 Å². The van der Waals surface area contributed by atoms with E-state index in [-0.39, 0.29) is 16.8 Å². The third kappa shape index (κ3) is 5.56. The third-order valence-electron chi connectivity index (χ3n) is 5.07. The van der Waals surface area contributed by atoms with Crippen molar-refractivity contribution < 1.29 is 14.3 Å². The summed E-state index contributed by atoms with van der Waals surface area (Å²) in [6, 6.07) is 8.24. The molecule has 0 amide bonds. The van der Waals surface area contributed by atoms with Crippen LogP contribution in [0.15, 0.2) is 29.3 Å². The molecule has 3 rings (SSSR count). The number of rotatable bonds is 7. The summed E-state index contributed by atoms with van der Waals surface area (Å²) >= 11 is 7.73. The smallest absolute Gasteiger partial charge is 0.370 e. The average Bonchev–Trinajstić information content (AvgIpc) is 3.48. The molecule has 172 valence electrons. The highest BCUT2D eigenvalue weighted by Crippen LogP contribution is 2.39. The quantitative estimate of drug-likeness (QED) is 0.269. The van der Waals surface area contributed by atoms with Gasteiger partial charge in [0.25, 0.3) is 0 Å². The Morgan fingerprint density at radius 3 is 2.34 bits per heavy atom. The van der Waals surface area contributed by atoms with E-state index in [1.165, 1.54) is 5.56 Å². The SMILES string of the molecule is CCSC(=O)OC(C)O/C(=C(\c1ccc(C(C)(C)C)cc1)C1C=N1)c1c(Cl)c(C)nn1C. The molecule has 0 bridgehead atoms. The topological polar surface area (TPSA) is 65.7 Å². The molecule has 6 nitrogen and oxygen atoms in total. The molecule has 2 aromatic rings. The Hall–Kier alpha value is -2.25. The van der Waals surface area contributed by atoms with Gasteiger partial charge in [-0.2, -0.15) is 5.10 Å². The van der Waals surface area contributed by atoms with Crippen LogP contribution in [0.4, 0.5) is 4.79 Å². The van der Waals surface area contributed by atoms with Crippen molar-refractivity contribution >= 4 is 46.2 Å². The minimum Gasteiger partial charge on any atom is -0.452 e. The first-order valence-corrected chi connectivity index (χ1v) is 12.0. The summed E-state index contributed by atoms with van der Waals surface area (Å²) in [7, 11) is 1.81. The van der Waals surface area contributed by atoms with Crippen molar-refractivity contribution in [2.75, 3.05) is 5.75 Å². The summed E-state index contributed by atoms with van der Waals surface area (Å²) in [6.45, 7) is 12.0. The molecule has 0 saturated carbocycles. The second-order valence-electron chi connectivity index (χ2n) is 8.67. The third-order valence-corrected chi connectivity index (χ3v) is 6.15. The van der Waals surface area contributed by atoms with Gasteiger partial charge in [0.05, 0.1) is 10.7 Å². The maximum Gasteiger partial charge on any atom is 0.370 e. The van der Waals surface area contributed by atoms with Crippen LogP contribution in [0.5, 0.6) is 0 Å². The summed E-state index contributed by atoms with van der Waals surface area (Å²) in [6.07, 6.45) is 1.04. The van der Waals surface area contributed by atoms with Gasteiger partial charge in [0.1, 0.15) is 11.7 Å². The number of ether oxygens (including phenoxy) is 2. The van der Waals surface area contributed by atoms with Gasteiger partial charge >= 0.3 is 5.30 Å². The molecule has 8 heteroatoms. The van der Waals surface area contributed by atoms with Crippen LogP contribution in [-0.2, 0) is 21.9 Å². The van der Waals surface area contributed by atoms with Crippen molar-refractivity contribution in [1.29, 1.82) is 0 Å². The lowest BCUT2D eigenvalue weighted by atomic mass is 9.86. The Kier molecular flexibility index (Phi) is 7.40. The van der Waals surface area contributed by atoms with Crippen LogP contribution in [-0.4, -0.2) is 39.4 Å². The van der Waals surface area contributed by atoms with Gasteiger partial charge < -0.3 is 9.47 Å². The molecule has 1 aromatic heterocycles. The number of halogens is 1. The highest BCUT2D eigenvalue weighted by molar-refractivity contribution is 8.13. The van der Waals surface area contributed by atoms with E-state index in [1.54, 1.807) is 11.6 Å². The Labute approximate surface area is 199 Å². The van der Waals surface area contributed by atoms with Crippen LogP contribution in [0.1, 0.15) is 57.1 Å². The van der Waals surface area contributed by atoms with Crippen LogP contribution in [0.3, 0.4) is 0 Å². The van der Waals surface area contributed by atoms with Gasteiger partial charge in [-0.15, -0.1) is 0 Å². The van der Waals surface area contributed by atoms with Crippen LogP contribution in [0.2, 0.25) is 5.02 Å². The standard InChI is InChI=1S/C24H30ClN3O3S/c1-8-32-23(29)31-15(3)30-22(21-20(25)14(2)27-28(21)7)19(18-13-26-18)16-9-11-17(12-10-16)24(4,5)6/h9-13,15,18H,8H2,1-7H3/b22-19+. The van der Waals surface area contributed by atoms with E-state index in [9.17, 15) is 4.79 Å². The van der Waals surface area contributed by atoms with E-state index in [2.05, 4.69) is 55.1 Å². The lowest BCUT2D eigenvalue weighted by Gasteiger charge is -2.22. The molecule has 0 radical (unpaired) electrons. The highest BCUT2D eigenvalue weighted by atomic mass is 35.5. The van der Waals surface area contributed by atoms with Gasteiger partial charge in [0.15, 0.2) is 5.76 Å². The molecule has 0 saturated heterocycles. The normalized spacial score (nSPS) is 17.1. The molecular formula is C24H30ClN3O3S. The molecule has 0 spiro atoms. The van der Waals surface area contributed by atoms with E-state index in [4.69, 9.17) is 21.1 Å². The molecule has 32 heavy (non-hydrogen) atoms. The van der Waals surface area contributed by atoms with Crippen molar-refractivity contribution in [2.45, 2.75) is 59.3 Å². The Morgan fingerprint density at radius 1 is 1.25 bits per heavy atom. The molecule has 1 aromatic carbocycles. The first-order chi connectivity index (χ1) is 15.0. The van der Waals surface area contributed by atoms with E-state index in [0.717, 1.165) is 22.9 Å². The van der Waals surface area contributed by atoms with Crippen LogP contribution >= 0.6 is 23.4 Å². The molecule has 1 aliphatic rings. The molecule has 2 unspecified atom stereocenters. The first kappa shape index (κ1) is 24.4. The van der Waals surface area contributed by atoms with Crippen molar-refractivity contribution in [3.8, 4) is 0 Å². The van der Waals surface area contributed by atoms with Gasteiger partial charge in [-0.25, -0.2) is 4.79 Å². The lowest BCUT2D eigenvalue weighted by molar-refractivity contribution is -0.0255. The molecule has 0 N–H and O–H groups in total. The largest absolute Gasteiger partial charge is 0.452 e. The number of hydrogen-bond acceptors (Lipinski definition) is 6. The van der Waals surface area contributed by atoms with Crippen LogP contribution in [0.25, 0.3) is 11.3 Å². The number of aliphatic imine (C=N–C) groups is 1. The minimum absolute atomic E-state index is 0.0416. The summed E-state index contributed by atoms with van der Waals surface area (Å²) in [4.78, 5) is 16.4. The minimum atomic E-state index is -0.814. The van der Waals surface area contributed by atoms with Gasteiger partial charge in [0, 0.05) is 31.5 Å². The Morgan fingerprint density at radius 2 is 1.88 bits per heavy atom. The van der Waals surface area contributed by atoms with E-state index in [0.29, 0.717) is 27.9 Å². The fourth-order valence-electron chi connectivity index (χ4n) is 3.38. The van der Waals surface area contributed by atoms with Gasteiger partial charge in [-0.05, 0) is 35.2 Å². The summed E-state index contributed by atoms with van der Waals surface area (Å²) in [5, 5.41) is 4.56. The van der Waals surface area contributed by atoms with Crippen molar-refractivity contribution in [2.24, 2.45) is 12.0 Å². The maximum absolute atomic E-state index is 12.0. The van der Waals surface area contributed by atoms with Crippen LogP contribution < -0.4 is 0 Å². The van der Waals surface area contributed by atoms with Crippen molar-refractivity contribution in [3.63, 3.8) is 0 Å². The number of benzene rings is 1. The first-order valence-electron chi connectivity index (χ1n) is 10.6. The molecule has 1 aliphatic heterocycles. The highest BCUT2D eigenvalue weighted by Gasteiger charge is 2.31. The maximum atomic E-state index is 12.0. The number of carbonyl (C=O) groups is 1. The molecule has 0 aliphatic carbocycles. The predicted octanol–water partition coefficient (Wildman–Crippen LogP) is 6.25. The van der Waals surface area contributed by atoms with Gasteiger partial charge in [-0.1, -0.05) is 63.6 Å². The predicted molar refractivity (Wildman–Crippen MR) is 132 cm³/mol. The van der Waals surface area contributed by atoms with E-state index in [1.807, 2.05) is 27.1 Å². The zero-order valence-corrected chi connectivity index (χ0v) is 21.2. The number of aromatic nitrogens is 2. The zero-order valence-electron chi connectivity index (χ0n) is 19.6. The van der Waals surface area contributed by atoms with Gasteiger partial charge in [-0.3, -0.25) is 9.67 Å². The van der Waals surface area contributed by atoms with Gasteiger partial charge in [0.2, 0.25) is 6.29 Å². The summed E-state index contributed by atoms with van der Waals surface area (Å²) < 4.78 is 13.4. The Balaban J connectivity index is 2.10. The number of thioether (sulfide) groups is 1. The second-order valence-corrected chi connectivity index (χ2v) is 10.2. The zero-order chi connectivity index (χ0) is 23.6. The lowest BCUT2D eigenvalue weighted by Crippen LogP contribution is -2.18. The number of hydrogen-bond donors (Lipinski definition) is 0. The fraction of sp³-hybridized carbons (Fsp3) is 0.458. The monoisotopic (exact) mass is 475 g/mol. The van der Waals surface area contributed by atoms with Crippen LogP contribution in [0, 0.1) is 6.92 Å². The number of carbonyl (C=O) groups excluding carboxylic acids is 1. The van der Waals surface area contributed by atoms with E-state index >= 15 is 0 Å². The van der Waals surface area contributed by atoms with Crippen molar-refractivity contribution in [1.82, 2.24) is 9.78 Å².